The quantitative estimate of drug-likeness (QED) is 0.726. The van der Waals surface area contributed by atoms with Crippen LogP contribution in [0.3, 0.4) is 0 Å². The first-order valence-electron chi connectivity index (χ1n) is 9.64. The van der Waals surface area contributed by atoms with E-state index in [1.807, 2.05) is 49.1 Å². The fourth-order valence-electron chi connectivity index (χ4n) is 3.58. The summed E-state index contributed by atoms with van der Waals surface area (Å²) in [5, 5.41) is 1.78. The molecule has 1 saturated heterocycles. The van der Waals surface area contributed by atoms with Crippen molar-refractivity contribution in [3.8, 4) is 0 Å². The van der Waals surface area contributed by atoms with Crippen LogP contribution in [0.15, 0.2) is 52.1 Å². The topological polar surface area (TPSA) is 62.1 Å². The molecule has 0 radical (unpaired) electrons. The van der Waals surface area contributed by atoms with Gasteiger partial charge in [-0.3, -0.25) is 4.79 Å². The molecular weight excluding hydrogens is 394 g/mol. The van der Waals surface area contributed by atoms with Gasteiger partial charge in [0, 0.05) is 13.1 Å². The van der Waals surface area contributed by atoms with Crippen LogP contribution in [0.1, 0.15) is 19.4 Å². The van der Waals surface area contributed by atoms with Gasteiger partial charge >= 0.3 is 0 Å². The molecule has 2 aromatic rings. The van der Waals surface area contributed by atoms with Gasteiger partial charge in [-0.1, -0.05) is 36.4 Å². The van der Waals surface area contributed by atoms with Gasteiger partial charge in [0.2, 0.25) is 0 Å². The van der Waals surface area contributed by atoms with Crippen LogP contribution >= 0.6 is 11.3 Å². The Kier molecular flexibility index (Phi) is 6.87. The molecule has 2 heterocycles. The Morgan fingerprint density at radius 1 is 1.18 bits per heavy atom. The second-order valence-electron chi connectivity index (χ2n) is 7.05. The van der Waals surface area contributed by atoms with Crippen LogP contribution in [0.2, 0.25) is 0 Å². The van der Waals surface area contributed by atoms with Crippen molar-refractivity contribution in [2.45, 2.75) is 30.6 Å². The maximum Gasteiger partial charge on any atom is 0.280 e. The van der Waals surface area contributed by atoms with Gasteiger partial charge in [-0.15, -0.1) is 11.3 Å². The molecule has 1 aliphatic heterocycles. The summed E-state index contributed by atoms with van der Waals surface area (Å²) in [5.74, 6) is 0.121. The smallest absolute Gasteiger partial charge is 0.280 e. The predicted octanol–water partition coefficient (Wildman–Crippen LogP) is 1.07. The van der Waals surface area contributed by atoms with Gasteiger partial charge in [0.15, 0.2) is 6.04 Å². The molecule has 0 bridgehead atoms. The highest BCUT2D eigenvalue weighted by Gasteiger charge is 2.36. The summed E-state index contributed by atoms with van der Waals surface area (Å²) >= 11 is 1.25. The van der Waals surface area contributed by atoms with Gasteiger partial charge < -0.3 is 9.80 Å². The molecule has 1 fully saturated rings. The lowest BCUT2D eigenvalue weighted by molar-refractivity contribution is -0.918. The monoisotopic (exact) mass is 422 g/mol. The highest BCUT2D eigenvalue weighted by atomic mass is 32.2. The largest absolute Gasteiger partial charge is 0.334 e. The van der Waals surface area contributed by atoms with Gasteiger partial charge in [0.25, 0.3) is 15.9 Å². The van der Waals surface area contributed by atoms with Gasteiger partial charge in [-0.05, 0) is 30.9 Å². The number of thiophene rings is 1. The minimum atomic E-state index is -3.41. The fraction of sp³-hybridized carbons (Fsp3) is 0.450. The molecular formula is C20H28N3O3S2+. The summed E-state index contributed by atoms with van der Waals surface area (Å²) < 4.78 is 27.3. The Balaban J connectivity index is 1.59. The second-order valence-corrected chi connectivity index (χ2v) is 10.2. The molecule has 1 aliphatic rings. The number of benzene rings is 1. The maximum atomic E-state index is 13.0. The SMILES string of the molecule is CCN(Cc1ccccc1)C(=O)[C@H](C)[NH+]1CCN(S(=O)(=O)c2cccs2)CC1. The Morgan fingerprint density at radius 2 is 1.86 bits per heavy atom. The van der Waals surface area contributed by atoms with E-state index in [9.17, 15) is 13.2 Å². The third-order valence-electron chi connectivity index (χ3n) is 5.35. The molecule has 0 unspecified atom stereocenters. The van der Waals surface area contributed by atoms with Crippen LogP contribution in [-0.4, -0.2) is 62.3 Å². The van der Waals surface area contributed by atoms with Crippen molar-refractivity contribution in [3.05, 3.63) is 53.4 Å². The molecule has 0 saturated carbocycles. The minimum absolute atomic E-state index is 0.121. The van der Waals surface area contributed by atoms with Crippen LogP contribution in [-0.2, 0) is 21.4 Å². The summed E-state index contributed by atoms with van der Waals surface area (Å²) in [7, 11) is -3.41. The molecule has 1 aromatic heterocycles. The van der Waals surface area contributed by atoms with E-state index in [0.29, 0.717) is 43.5 Å². The lowest BCUT2D eigenvalue weighted by Gasteiger charge is -2.35. The number of carbonyl (C=O) groups excluding carboxylic acids is 1. The zero-order valence-corrected chi connectivity index (χ0v) is 18.0. The van der Waals surface area contributed by atoms with Gasteiger partial charge in [0.05, 0.1) is 26.2 Å². The average molecular weight is 423 g/mol. The Hall–Kier alpha value is -1.74. The normalized spacial score (nSPS) is 17.4. The summed E-state index contributed by atoms with van der Waals surface area (Å²) in [4.78, 5) is 16.0. The first-order chi connectivity index (χ1) is 13.4. The van der Waals surface area contributed by atoms with E-state index < -0.39 is 10.0 Å². The molecule has 6 nitrogen and oxygen atoms in total. The molecule has 8 heteroatoms. The van der Waals surface area contributed by atoms with E-state index in [2.05, 4.69) is 0 Å². The van der Waals surface area contributed by atoms with Crippen LogP contribution in [0, 0.1) is 0 Å². The number of hydrogen-bond donors (Lipinski definition) is 1. The predicted molar refractivity (Wildman–Crippen MR) is 111 cm³/mol. The number of rotatable bonds is 7. The zero-order valence-electron chi connectivity index (χ0n) is 16.4. The number of carbonyl (C=O) groups is 1. The minimum Gasteiger partial charge on any atom is -0.334 e. The first-order valence-corrected chi connectivity index (χ1v) is 12.0. The molecule has 0 aliphatic carbocycles. The van der Waals surface area contributed by atoms with E-state index in [1.165, 1.54) is 11.3 Å². The van der Waals surface area contributed by atoms with E-state index in [1.54, 1.807) is 21.8 Å². The van der Waals surface area contributed by atoms with Gasteiger partial charge in [-0.2, -0.15) is 4.31 Å². The summed E-state index contributed by atoms with van der Waals surface area (Å²) in [5.41, 5.74) is 1.12. The number of sulfonamides is 1. The van der Waals surface area contributed by atoms with E-state index in [0.717, 1.165) is 10.5 Å². The highest BCUT2D eigenvalue weighted by molar-refractivity contribution is 7.91. The van der Waals surface area contributed by atoms with Crippen molar-refractivity contribution in [2.75, 3.05) is 32.7 Å². The number of quaternary nitrogens is 1. The third kappa shape index (κ3) is 4.63. The van der Waals surface area contributed by atoms with E-state index in [-0.39, 0.29) is 11.9 Å². The third-order valence-corrected chi connectivity index (χ3v) is 8.62. The molecule has 152 valence electrons. The lowest BCUT2D eigenvalue weighted by atomic mass is 10.1. The first kappa shape index (κ1) is 21.0. The number of nitrogens with zero attached hydrogens (tertiary/aromatic N) is 2. The molecule has 0 spiro atoms. The van der Waals surface area contributed by atoms with Crippen molar-refractivity contribution in [2.24, 2.45) is 0 Å². The van der Waals surface area contributed by atoms with E-state index >= 15 is 0 Å². The van der Waals surface area contributed by atoms with Crippen LogP contribution in [0.4, 0.5) is 0 Å². The van der Waals surface area contributed by atoms with Crippen LogP contribution in [0.5, 0.6) is 0 Å². The Labute approximate surface area is 171 Å². The Bertz CT molecular complexity index is 861. The van der Waals surface area contributed by atoms with Crippen molar-refractivity contribution in [1.29, 1.82) is 0 Å². The Morgan fingerprint density at radius 3 is 2.43 bits per heavy atom. The van der Waals surface area contributed by atoms with E-state index in [4.69, 9.17) is 0 Å². The molecule has 1 aromatic carbocycles. The number of amides is 1. The highest BCUT2D eigenvalue weighted by Crippen LogP contribution is 2.20. The van der Waals surface area contributed by atoms with Gasteiger partial charge in [-0.25, -0.2) is 8.42 Å². The van der Waals surface area contributed by atoms with Crippen LogP contribution < -0.4 is 4.90 Å². The van der Waals surface area contributed by atoms with Crippen molar-refractivity contribution in [1.82, 2.24) is 9.21 Å². The number of piperazine rings is 1. The second kappa shape index (κ2) is 9.17. The summed E-state index contributed by atoms with van der Waals surface area (Å²) in [6, 6.07) is 13.2. The summed E-state index contributed by atoms with van der Waals surface area (Å²) in [6.07, 6.45) is 0. The molecule has 1 amide bonds. The van der Waals surface area contributed by atoms with Crippen LogP contribution in [0.25, 0.3) is 0 Å². The summed E-state index contributed by atoms with van der Waals surface area (Å²) in [6.45, 7) is 7.37. The van der Waals surface area contributed by atoms with Crippen molar-refractivity contribution >= 4 is 27.3 Å². The zero-order chi connectivity index (χ0) is 20.1. The fourth-order valence-corrected chi connectivity index (χ4v) is 6.17. The standard InChI is InChI=1S/C20H27N3O3S2/c1-3-21(16-18-8-5-4-6-9-18)20(24)17(2)22-11-13-23(14-12-22)28(25,26)19-10-7-15-27-19/h4-10,15,17H,3,11-14,16H2,1-2H3/p+1/t17-/m0/s1. The number of nitrogens with one attached hydrogen (secondary N) is 1. The molecule has 1 N–H and O–H groups in total. The average Bonchev–Trinajstić information content (AvgIpc) is 3.27. The molecule has 28 heavy (non-hydrogen) atoms. The lowest BCUT2D eigenvalue weighted by Crippen LogP contribution is -3.19. The van der Waals surface area contributed by atoms with Crippen molar-refractivity contribution < 1.29 is 18.1 Å². The number of likely N-dealkylation sites (N-methyl/N-ethyl adjacent to an activating group) is 1. The molecule has 3 rings (SSSR count). The van der Waals surface area contributed by atoms with Gasteiger partial charge in [0.1, 0.15) is 4.21 Å². The number of hydrogen-bond acceptors (Lipinski definition) is 4. The molecule has 1 atom stereocenters. The van der Waals surface area contributed by atoms with Crippen molar-refractivity contribution in [3.63, 3.8) is 0 Å². The maximum absolute atomic E-state index is 13.0.